The second kappa shape index (κ2) is 5.31. The van der Waals surface area contributed by atoms with Gasteiger partial charge in [-0.2, -0.15) is 0 Å². The van der Waals surface area contributed by atoms with E-state index in [0.29, 0.717) is 0 Å². The average Bonchev–Trinajstić information content (AvgIpc) is 2.25. The molecule has 1 N–H and O–H groups in total. The van der Waals surface area contributed by atoms with E-state index in [2.05, 4.69) is 5.32 Å². The summed E-state index contributed by atoms with van der Waals surface area (Å²) in [5.74, 6) is -0.213. The summed E-state index contributed by atoms with van der Waals surface area (Å²) < 4.78 is 0. The maximum atomic E-state index is 11.5. The van der Waals surface area contributed by atoms with E-state index in [0.717, 1.165) is 0 Å². The first kappa shape index (κ1) is 11.5. The first-order valence-electron chi connectivity index (χ1n) is 4.24. The van der Waals surface area contributed by atoms with Gasteiger partial charge in [0.25, 0.3) is 11.6 Å². The van der Waals surface area contributed by atoms with E-state index in [-0.39, 0.29) is 23.7 Å². The van der Waals surface area contributed by atoms with Crippen LogP contribution in [0, 0.1) is 10.1 Å². The molecule has 0 saturated heterocycles. The lowest BCUT2D eigenvalue weighted by Gasteiger charge is -2.03. The largest absolute Gasteiger partial charge is 0.351 e. The number of nitrogens with one attached hydrogen (secondary N) is 1. The predicted octanol–water partition coefficient (Wildman–Crippen LogP) is 1.56. The highest BCUT2D eigenvalue weighted by molar-refractivity contribution is 6.18. The molecule has 0 radical (unpaired) electrons. The summed E-state index contributed by atoms with van der Waals surface area (Å²) in [5, 5.41) is 13.1. The van der Waals surface area contributed by atoms with Gasteiger partial charge in [-0.3, -0.25) is 14.9 Å². The summed E-state index contributed by atoms with van der Waals surface area (Å²) in [5.41, 5.74) is -0.155. The molecule has 15 heavy (non-hydrogen) atoms. The van der Waals surface area contributed by atoms with Gasteiger partial charge in [0.2, 0.25) is 0 Å². The Morgan fingerprint density at radius 2 is 2.13 bits per heavy atom. The van der Waals surface area contributed by atoms with E-state index in [9.17, 15) is 14.9 Å². The van der Waals surface area contributed by atoms with Gasteiger partial charge in [0.15, 0.2) is 0 Å². The number of hydrogen-bond acceptors (Lipinski definition) is 3. The van der Waals surface area contributed by atoms with Crippen LogP contribution in [0.25, 0.3) is 0 Å². The van der Waals surface area contributed by atoms with Gasteiger partial charge >= 0.3 is 0 Å². The van der Waals surface area contributed by atoms with Crippen molar-refractivity contribution < 1.29 is 9.72 Å². The maximum absolute atomic E-state index is 11.5. The van der Waals surface area contributed by atoms with Crippen molar-refractivity contribution in [1.82, 2.24) is 5.32 Å². The fraction of sp³-hybridized carbons (Fsp3) is 0.222. The molecule has 0 aliphatic heterocycles. The molecule has 0 saturated carbocycles. The molecule has 1 aromatic rings. The fourth-order valence-electron chi connectivity index (χ4n) is 1.08. The first-order chi connectivity index (χ1) is 7.16. The van der Waals surface area contributed by atoms with Crippen LogP contribution < -0.4 is 5.32 Å². The summed E-state index contributed by atoms with van der Waals surface area (Å²) in [6.45, 7) is 0.284. The summed E-state index contributed by atoms with van der Waals surface area (Å²) in [6, 6.07) is 5.77. The summed E-state index contributed by atoms with van der Waals surface area (Å²) in [4.78, 5) is 21.5. The van der Waals surface area contributed by atoms with Crippen LogP contribution in [0.1, 0.15) is 10.4 Å². The van der Waals surface area contributed by atoms with E-state index in [1.54, 1.807) is 6.07 Å². The number of carbonyl (C=O) groups is 1. The van der Waals surface area contributed by atoms with Crippen molar-refractivity contribution in [3.05, 3.63) is 39.9 Å². The highest BCUT2D eigenvalue weighted by atomic mass is 35.5. The standard InChI is InChI=1S/C9H9ClN2O3/c10-5-6-11-9(13)7-3-1-2-4-8(7)12(14)15/h1-4H,5-6H2,(H,11,13). The number of nitro groups is 1. The molecule has 0 aliphatic rings. The molecule has 0 heterocycles. The minimum Gasteiger partial charge on any atom is -0.351 e. The van der Waals surface area contributed by atoms with Crippen LogP contribution in [0.2, 0.25) is 0 Å². The molecule has 0 unspecified atom stereocenters. The Morgan fingerprint density at radius 3 is 2.73 bits per heavy atom. The molecule has 5 nitrogen and oxygen atoms in total. The Kier molecular flexibility index (Phi) is 4.05. The van der Waals surface area contributed by atoms with Gasteiger partial charge in [0.05, 0.1) is 4.92 Å². The molecular formula is C9H9ClN2O3. The van der Waals surface area contributed by atoms with Gasteiger partial charge in [0.1, 0.15) is 5.56 Å². The second-order valence-corrected chi connectivity index (χ2v) is 3.10. The molecule has 0 atom stereocenters. The van der Waals surface area contributed by atoms with Crippen molar-refractivity contribution in [2.24, 2.45) is 0 Å². The third kappa shape index (κ3) is 2.92. The van der Waals surface area contributed by atoms with Crippen LogP contribution in [0.15, 0.2) is 24.3 Å². The van der Waals surface area contributed by atoms with Crippen molar-refractivity contribution in [1.29, 1.82) is 0 Å². The first-order valence-corrected chi connectivity index (χ1v) is 4.78. The van der Waals surface area contributed by atoms with E-state index in [4.69, 9.17) is 11.6 Å². The molecule has 0 aromatic heterocycles. The van der Waals surface area contributed by atoms with Gasteiger partial charge in [0, 0.05) is 18.5 Å². The monoisotopic (exact) mass is 228 g/mol. The molecule has 0 spiro atoms. The van der Waals surface area contributed by atoms with Gasteiger partial charge in [-0.25, -0.2) is 0 Å². The number of carbonyl (C=O) groups excluding carboxylic acids is 1. The molecular weight excluding hydrogens is 220 g/mol. The molecule has 1 rings (SSSR count). The Bertz CT molecular complexity index is 381. The fourth-order valence-corrected chi connectivity index (χ4v) is 1.18. The van der Waals surface area contributed by atoms with Crippen LogP contribution in [-0.2, 0) is 0 Å². The predicted molar refractivity (Wildman–Crippen MR) is 56.1 cm³/mol. The molecule has 0 aliphatic carbocycles. The van der Waals surface area contributed by atoms with Crippen molar-refractivity contribution in [3.63, 3.8) is 0 Å². The third-order valence-electron chi connectivity index (χ3n) is 1.73. The Hall–Kier alpha value is -1.62. The topological polar surface area (TPSA) is 72.2 Å². The van der Waals surface area contributed by atoms with E-state index >= 15 is 0 Å². The Morgan fingerprint density at radius 1 is 1.47 bits per heavy atom. The quantitative estimate of drug-likeness (QED) is 0.483. The number of para-hydroxylation sites is 1. The van der Waals surface area contributed by atoms with Crippen LogP contribution in [-0.4, -0.2) is 23.3 Å². The number of amides is 1. The maximum Gasteiger partial charge on any atom is 0.282 e. The molecule has 0 fully saturated rings. The van der Waals surface area contributed by atoms with Gasteiger partial charge in [-0.1, -0.05) is 12.1 Å². The minimum absolute atomic E-state index is 0.0487. The van der Waals surface area contributed by atoms with Crippen LogP contribution in [0.4, 0.5) is 5.69 Å². The highest BCUT2D eigenvalue weighted by Gasteiger charge is 2.18. The van der Waals surface area contributed by atoms with Crippen molar-refractivity contribution in [2.75, 3.05) is 12.4 Å². The molecule has 80 valence electrons. The zero-order valence-electron chi connectivity index (χ0n) is 7.77. The van der Waals surface area contributed by atoms with Crippen molar-refractivity contribution in [2.45, 2.75) is 0 Å². The molecule has 0 bridgehead atoms. The Labute approximate surface area is 91.2 Å². The van der Waals surface area contributed by atoms with Gasteiger partial charge in [-0.15, -0.1) is 11.6 Å². The second-order valence-electron chi connectivity index (χ2n) is 2.72. The molecule has 6 heteroatoms. The Balaban J connectivity index is 2.92. The number of rotatable bonds is 4. The number of nitro benzene ring substituents is 1. The van der Waals surface area contributed by atoms with Crippen LogP contribution >= 0.6 is 11.6 Å². The van der Waals surface area contributed by atoms with E-state index < -0.39 is 10.8 Å². The van der Waals surface area contributed by atoms with Gasteiger partial charge in [-0.05, 0) is 6.07 Å². The summed E-state index contributed by atoms with van der Waals surface area (Å²) >= 11 is 5.39. The van der Waals surface area contributed by atoms with E-state index in [1.807, 2.05) is 0 Å². The van der Waals surface area contributed by atoms with Crippen molar-refractivity contribution in [3.8, 4) is 0 Å². The minimum atomic E-state index is -0.588. The lowest BCUT2D eigenvalue weighted by atomic mass is 10.1. The van der Waals surface area contributed by atoms with Crippen LogP contribution in [0.5, 0.6) is 0 Å². The number of hydrogen-bond donors (Lipinski definition) is 1. The zero-order valence-corrected chi connectivity index (χ0v) is 8.53. The number of alkyl halides is 1. The van der Waals surface area contributed by atoms with Gasteiger partial charge < -0.3 is 5.32 Å². The number of nitrogens with zero attached hydrogens (tertiary/aromatic N) is 1. The lowest BCUT2D eigenvalue weighted by molar-refractivity contribution is -0.385. The normalized spacial score (nSPS) is 9.67. The van der Waals surface area contributed by atoms with Crippen molar-refractivity contribution >= 4 is 23.2 Å². The summed E-state index contributed by atoms with van der Waals surface area (Å²) in [6.07, 6.45) is 0. The third-order valence-corrected chi connectivity index (χ3v) is 1.91. The lowest BCUT2D eigenvalue weighted by Crippen LogP contribution is -2.25. The van der Waals surface area contributed by atoms with Crippen LogP contribution in [0.3, 0.4) is 0 Å². The SMILES string of the molecule is O=C(NCCCl)c1ccccc1[N+](=O)[O-]. The molecule has 1 aromatic carbocycles. The highest BCUT2D eigenvalue weighted by Crippen LogP contribution is 2.16. The smallest absolute Gasteiger partial charge is 0.282 e. The number of benzene rings is 1. The summed E-state index contributed by atoms with van der Waals surface area (Å²) in [7, 11) is 0. The average molecular weight is 229 g/mol. The van der Waals surface area contributed by atoms with E-state index in [1.165, 1.54) is 18.2 Å². The zero-order chi connectivity index (χ0) is 11.3. The molecule has 1 amide bonds. The number of halogens is 1.